The van der Waals surface area contributed by atoms with Gasteiger partial charge in [0.15, 0.2) is 11.5 Å². The third kappa shape index (κ3) is 3.90. The molecule has 0 saturated heterocycles. The average molecular weight is 382 g/mol. The lowest BCUT2D eigenvalue weighted by Crippen LogP contribution is -2.26. The summed E-state index contributed by atoms with van der Waals surface area (Å²) in [4.78, 5) is 14.0. The maximum absolute atomic E-state index is 12.5. The van der Waals surface area contributed by atoms with Crippen LogP contribution in [0, 0.1) is 6.92 Å². The third-order valence-electron chi connectivity index (χ3n) is 4.96. The number of nitrogens with zero attached hydrogens (tertiary/aromatic N) is 4. The molecule has 0 N–H and O–H groups in total. The van der Waals surface area contributed by atoms with Crippen molar-refractivity contribution in [2.75, 3.05) is 7.05 Å². The predicted octanol–water partition coefficient (Wildman–Crippen LogP) is 3.10. The Morgan fingerprint density at radius 1 is 1.14 bits per heavy atom. The first-order chi connectivity index (χ1) is 13.6. The first-order valence-corrected chi connectivity index (χ1v) is 9.34. The summed E-state index contributed by atoms with van der Waals surface area (Å²) in [6.45, 7) is 2.27. The van der Waals surface area contributed by atoms with Crippen LogP contribution >= 0.6 is 0 Å². The lowest BCUT2D eigenvalue weighted by atomic mass is 9.92. The van der Waals surface area contributed by atoms with Gasteiger partial charge in [0.25, 0.3) is 5.91 Å². The molecule has 0 fully saturated rings. The zero-order chi connectivity index (χ0) is 19.5. The van der Waals surface area contributed by atoms with Gasteiger partial charge in [-0.15, -0.1) is 0 Å². The molecule has 2 heterocycles. The van der Waals surface area contributed by atoms with E-state index in [0.29, 0.717) is 17.1 Å². The Bertz CT molecular complexity index is 978. The molecule has 28 heavy (non-hydrogen) atoms. The molecule has 3 aromatic rings. The molecule has 1 aliphatic carbocycles. The fourth-order valence-electron chi connectivity index (χ4n) is 3.32. The number of fused-ring (bicyclic) bond motifs is 1. The monoisotopic (exact) mass is 382 g/mol. The number of ether oxygens (including phenoxy) is 1. The second-order valence-corrected chi connectivity index (χ2v) is 7.06. The van der Waals surface area contributed by atoms with Crippen molar-refractivity contribution < 1.29 is 18.7 Å². The van der Waals surface area contributed by atoms with Gasteiger partial charge in [-0.3, -0.25) is 4.79 Å². The van der Waals surface area contributed by atoms with E-state index in [0.717, 1.165) is 18.6 Å². The maximum atomic E-state index is 12.5. The Morgan fingerprint density at radius 2 is 1.96 bits per heavy atom. The second kappa shape index (κ2) is 7.84. The number of hydrogen-bond acceptors (Lipinski definition) is 7. The Morgan fingerprint density at radius 3 is 2.75 bits per heavy atom. The Hall–Kier alpha value is -3.16. The lowest BCUT2D eigenvalue weighted by molar-refractivity contribution is 0.0771. The van der Waals surface area contributed by atoms with E-state index < -0.39 is 0 Å². The molecule has 1 aromatic carbocycles. The van der Waals surface area contributed by atoms with E-state index in [1.165, 1.54) is 28.9 Å². The highest BCUT2D eigenvalue weighted by atomic mass is 16.6. The standard InChI is InChI=1S/C20H22N4O4/c1-13-19(23-28-21-13)11-24(2)20(25)18-10-17(27-22-18)12-26-16-8-7-14-5-3-4-6-15(14)9-16/h7-10H,3-6,11-12H2,1-2H3. The van der Waals surface area contributed by atoms with Crippen molar-refractivity contribution in [2.45, 2.75) is 45.8 Å². The molecule has 0 spiro atoms. The zero-order valence-corrected chi connectivity index (χ0v) is 16.0. The number of carbonyl (C=O) groups is 1. The van der Waals surface area contributed by atoms with E-state index in [-0.39, 0.29) is 24.8 Å². The minimum atomic E-state index is -0.272. The van der Waals surface area contributed by atoms with Crippen LogP contribution in [0.2, 0.25) is 0 Å². The molecular formula is C20H22N4O4. The topological polar surface area (TPSA) is 94.5 Å². The summed E-state index contributed by atoms with van der Waals surface area (Å²) in [6, 6.07) is 7.81. The number of carbonyl (C=O) groups excluding carboxylic acids is 1. The van der Waals surface area contributed by atoms with Gasteiger partial charge in [-0.25, -0.2) is 4.63 Å². The molecule has 1 amide bonds. The molecule has 0 unspecified atom stereocenters. The number of aryl methyl sites for hydroxylation is 3. The van der Waals surface area contributed by atoms with E-state index in [2.05, 4.69) is 32.2 Å². The summed E-state index contributed by atoms with van der Waals surface area (Å²) in [6.07, 6.45) is 4.71. The number of benzene rings is 1. The van der Waals surface area contributed by atoms with Crippen molar-refractivity contribution in [2.24, 2.45) is 0 Å². The van der Waals surface area contributed by atoms with E-state index in [1.807, 2.05) is 6.07 Å². The molecule has 0 aliphatic heterocycles. The maximum Gasteiger partial charge on any atom is 0.276 e. The first kappa shape index (κ1) is 18.2. The summed E-state index contributed by atoms with van der Waals surface area (Å²) in [7, 11) is 1.66. The minimum Gasteiger partial charge on any atom is -0.486 e. The summed E-state index contributed by atoms with van der Waals surface area (Å²) >= 11 is 0. The normalized spacial score (nSPS) is 13.2. The molecule has 146 valence electrons. The van der Waals surface area contributed by atoms with Crippen molar-refractivity contribution in [3.05, 3.63) is 58.2 Å². The molecule has 0 atom stereocenters. The Balaban J connectivity index is 1.36. The SMILES string of the molecule is Cc1nonc1CN(C)C(=O)c1cc(COc2ccc3c(c2)CCCC3)on1. The summed E-state index contributed by atoms with van der Waals surface area (Å²) in [5.41, 5.74) is 4.25. The molecule has 0 saturated carbocycles. The second-order valence-electron chi connectivity index (χ2n) is 7.06. The third-order valence-corrected chi connectivity index (χ3v) is 4.96. The van der Waals surface area contributed by atoms with Crippen molar-refractivity contribution >= 4 is 5.91 Å². The van der Waals surface area contributed by atoms with Crippen LogP contribution in [0.25, 0.3) is 0 Å². The highest BCUT2D eigenvalue weighted by molar-refractivity contribution is 5.92. The van der Waals surface area contributed by atoms with Gasteiger partial charge in [-0.2, -0.15) is 0 Å². The molecule has 8 heteroatoms. The number of hydrogen-bond donors (Lipinski definition) is 0. The fourth-order valence-corrected chi connectivity index (χ4v) is 3.32. The van der Waals surface area contributed by atoms with E-state index in [1.54, 1.807) is 20.0 Å². The summed E-state index contributed by atoms with van der Waals surface area (Å²) < 4.78 is 15.7. The Labute approximate surface area is 162 Å². The van der Waals surface area contributed by atoms with E-state index in [9.17, 15) is 4.79 Å². The van der Waals surface area contributed by atoms with Gasteiger partial charge in [0.1, 0.15) is 23.7 Å². The fraction of sp³-hybridized carbons (Fsp3) is 0.400. The van der Waals surface area contributed by atoms with Crippen molar-refractivity contribution in [1.82, 2.24) is 20.4 Å². The van der Waals surface area contributed by atoms with Crippen molar-refractivity contribution in [1.29, 1.82) is 0 Å². The van der Waals surface area contributed by atoms with Gasteiger partial charge >= 0.3 is 0 Å². The Kier molecular flexibility index (Phi) is 5.10. The zero-order valence-electron chi connectivity index (χ0n) is 16.0. The van der Waals surface area contributed by atoms with Crippen LogP contribution in [-0.4, -0.2) is 33.3 Å². The van der Waals surface area contributed by atoms with Gasteiger partial charge in [0.2, 0.25) is 0 Å². The van der Waals surface area contributed by atoms with Crippen LogP contribution in [0.1, 0.15) is 51.6 Å². The van der Waals surface area contributed by atoms with Crippen LogP contribution in [-0.2, 0) is 26.0 Å². The van der Waals surface area contributed by atoms with Crippen LogP contribution in [0.15, 0.2) is 33.4 Å². The number of rotatable bonds is 6. The van der Waals surface area contributed by atoms with Gasteiger partial charge in [-0.05, 0) is 55.9 Å². The molecule has 0 bridgehead atoms. The van der Waals surface area contributed by atoms with Crippen molar-refractivity contribution in [3.8, 4) is 5.75 Å². The van der Waals surface area contributed by atoms with Gasteiger partial charge in [0.05, 0.1) is 6.54 Å². The van der Waals surface area contributed by atoms with E-state index in [4.69, 9.17) is 9.26 Å². The van der Waals surface area contributed by atoms with E-state index >= 15 is 0 Å². The average Bonchev–Trinajstić information content (AvgIpc) is 3.35. The van der Waals surface area contributed by atoms with Crippen LogP contribution in [0.4, 0.5) is 0 Å². The molecule has 4 rings (SSSR count). The first-order valence-electron chi connectivity index (χ1n) is 9.34. The lowest BCUT2D eigenvalue weighted by Gasteiger charge is -2.16. The van der Waals surface area contributed by atoms with Gasteiger partial charge < -0.3 is 14.2 Å². The smallest absolute Gasteiger partial charge is 0.276 e. The number of amides is 1. The predicted molar refractivity (Wildman–Crippen MR) is 98.8 cm³/mol. The van der Waals surface area contributed by atoms with Gasteiger partial charge in [-0.1, -0.05) is 21.5 Å². The highest BCUT2D eigenvalue weighted by Crippen LogP contribution is 2.26. The molecule has 0 radical (unpaired) electrons. The van der Waals surface area contributed by atoms with Crippen LogP contribution in [0.5, 0.6) is 5.75 Å². The minimum absolute atomic E-state index is 0.217. The van der Waals surface area contributed by atoms with Crippen molar-refractivity contribution in [3.63, 3.8) is 0 Å². The molecular weight excluding hydrogens is 360 g/mol. The summed E-state index contributed by atoms with van der Waals surface area (Å²) in [5.74, 6) is 1.02. The molecule has 2 aromatic heterocycles. The number of aromatic nitrogens is 3. The molecule has 1 aliphatic rings. The summed E-state index contributed by atoms with van der Waals surface area (Å²) in [5, 5.41) is 11.4. The van der Waals surface area contributed by atoms with Crippen LogP contribution in [0.3, 0.4) is 0 Å². The largest absolute Gasteiger partial charge is 0.486 e. The van der Waals surface area contributed by atoms with Gasteiger partial charge in [0, 0.05) is 13.1 Å². The molecule has 8 nitrogen and oxygen atoms in total. The van der Waals surface area contributed by atoms with Crippen LogP contribution < -0.4 is 4.74 Å². The highest BCUT2D eigenvalue weighted by Gasteiger charge is 2.19. The quantitative estimate of drug-likeness (QED) is 0.646.